The van der Waals surface area contributed by atoms with Crippen molar-refractivity contribution in [3.8, 4) is 0 Å². The van der Waals surface area contributed by atoms with Crippen LogP contribution in [0.3, 0.4) is 0 Å². The Morgan fingerprint density at radius 1 is 1.62 bits per heavy atom. The van der Waals surface area contributed by atoms with E-state index in [0.29, 0.717) is 11.1 Å². The normalized spacial score (nSPS) is 27.4. The number of halogens is 1. The van der Waals surface area contributed by atoms with Crippen LogP contribution in [0.1, 0.15) is 0 Å². The van der Waals surface area contributed by atoms with Crippen LogP contribution in [-0.2, 0) is 0 Å². The molecule has 0 bridgehead atoms. The van der Waals surface area contributed by atoms with Crippen molar-refractivity contribution in [1.29, 1.82) is 0 Å². The van der Waals surface area contributed by atoms with Crippen LogP contribution >= 0.6 is 0 Å². The molecule has 0 unspecified atom stereocenters. The van der Waals surface area contributed by atoms with Crippen molar-refractivity contribution < 1.29 is 4.39 Å². The number of allylic oxidation sites excluding steroid dienone is 2. The van der Waals surface area contributed by atoms with Crippen LogP contribution in [0.5, 0.6) is 0 Å². The third-order valence-corrected chi connectivity index (χ3v) is 1.13. The molecule has 0 aliphatic heterocycles. The van der Waals surface area contributed by atoms with Crippen molar-refractivity contribution in [2.24, 2.45) is 0 Å². The van der Waals surface area contributed by atoms with E-state index in [2.05, 4.69) is 13.2 Å². The molecule has 0 nitrogen and oxygen atoms in total. The first-order chi connectivity index (χ1) is 3.70. The highest BCUT2D eigenvalue weighted by Gasteiger charge is 2.19. The number of hydrogen-bond donors (Lipinski definition) is 0. The molecule has 1 fully saturated rings. The van der Waals surface area contributed by atoms with Gasteiger partial charge in [0.25, 0.3) is 0 Å². The van der Waals surface area contributed by atoms with Crippen LogP contribution in [0.4, 0.5) is 4.39 Å². The summed E-state index contributed by atoms with van der Waals surface area (Å²) in [5, 5.41) is 0. The molecule has 0 aromatic heterocycles. The van der Waals surface area contributed by atoms with Gasteiger partial charge in [0.15, 0.2) is 0 Å². The maximum atomic E-state index is 12.2. The highest BCUT2D eigenvalue weighted by Crippen LogP contribution is 2.27. The van der Waals surface area contributed by atoms with Gasteiger partial charge in [0.1, 0.15) is 6.17 Å². The average Bonchev–Trinajstić information content (AvgIpc) is 1.85. The van der Waals surface area contributed by atoms with Crippen LogP contribution in [-0.4, -0.2) is 6.17 Å². The molecule has 0 N–H and O–H groups in total. The third-order valence-electron chi connectivity index (χ3n) is 1.13. The van der Waals surface area contributed by atoms with Crippen molar-refractivity contribution in [1.82, 2.24) is 0 Å². The molecule has 0 saturated heterocycles. The molecule has 0 radical (unpaired) electrons. The highest BCUT2D eigenvalue weighted by molar-refractivity contribution is 5.47. The molecule has 1 aliphatic rings. The minimum atomic E-state index is -0.949. The molecule has 0 atom stereocenters. The zero-order valence-electron chi connectivity index (χ0n) is 4.52. The first kappa shape index (κ1) is 5.29. The highest BCUT2D eigenvalue weighted by atomic mass is 19.1. The Morgan fingerprint density at radius 3 is 2.38 bits per heavy atom. The summed E-state index contributed by atoms with van der Waals surface area (Å²) in [6, 6.07) is 0. The molecule has 1 saturated carbocycles. The molecule has 0 spiro atoms. The van der Waals surface area contributed by atoms with Gasteiger partial charge in [-0.05, 0) is 13.0 Å². The first-order valence-electron chi connectivity index (χ1n) is 2.42. The summed E-state index contributed by atoms with van der Waals surface area (Å²) in [4.78, 5) is 0. The molecule has 1 aliphatic carbocycles. The summed E-state index contributed by atoms with van der Waals surface area (Å²) in [5.74, 6) is 0. The number of alkyl halides is 1. The van der Waals surface area contributed by atoms with Crippen LogP contribution in [0.15, 0.2) is 24.3 Å². The van der Waals surface area contributed by atoms with Crippen molar-refractivity contribution in [3.05, 3.63) is 37.1 Å². The summed E-state index contributed by atoms with van der Waals surface area (Å²) < 4.78 is 12.2. The Hall–Kier alpha value is -0.850. The van der Waals surface area contributed by atoms with Gasteiger partial charge >= 0.3 is 0 Å². The summed E-state index contributed by atoms with van der Waals surface area (Å²) in [7, 11) is 0. The summed E-state index contributed by atoms with van der Waals surface area (Å²) in [6.45, 7) is 7.12. The van der Waals surface area contributed by atoms with E-state index >= 15 is 0 Å². The maximum Gasteiger partial charge on any atom is 0.140 e. The monoisotopic (exact) mass is 110 g/mol. The zero-order chi connectivity index (χ0) is 6.15. The molecule has 42 valence electrons. The van der Waals surface area contributed by atoms with E-state index in [9.17, 15) is 4.39 Å². The minimum Gasteiger partial charge on any atom is -0.237 e. The fraction of sp³-hybridized carbons (Fsp3) is 0.143. The summed E-state index contributed by atoms with van der Waals surface area (Å²) >= 11 is 0. The molecule has 0 aromatic carbocycles. The lowest BCUT2D eigenvalue weighted by atomic mass is 10.2. The van der Waals surface area contributed by atoms with Crippen molar-refractivity contribution >= 4 is 0 Å². The zero-order valence-corrected chi connectivity index (χ0v) is 4.52. The quantitative estimate of drug-likeness (QED) is 0.417. The van der Waals surface area contributed by atoms with Crippen LogP contribution in [0, 0.1) is 12.8 Å². The van der Waals surface area contributed by atoms with Crippen LogP contribution in [0.2, 0.25) is 0 Å². The van der Waals surface area contributed by atoms with Gasteiger partial charge in [0, 0.05) is 5.57 Å². The van der Waals surface area contributed by atoms with Gasteiger partial charge in [-0.25, -0.2) is 4.39 Å². The fourth-order valence-corrected chi connectivity index (χ4v) is 0.647. The predicted octanol–water partition coefficient (Wildman–Crippen LogP) is 1.86. The average molecular weight is 110 g/mol. The molecule has 0 amide bonds. The van der Waals surface area contributed by atoms with E-state index in [1.54, 1.807) is 0 Å². The van der Waals surface area contributed by atoms with Gasteiger partial charge in [-0.1, -0.05) is 12.0 Å². The van der Waals surface area contributed by atoms with E-state index in [1.165, 1.54) is 12.8 Å². The van der Waals surface area contributed by atoms with Gasteiger partial charge in [-0.15, -0.1) is 6.58 Å². The Kier molecular flexibility index (Phi) is 1.05. The minimum absolute atomic E-state index is 0.706. The standard InChI is InChI=1S/C7H7F/c1-5-3-7(8)4-6(5)2/h3-4,7H,1-2H2. The lowest BCUT2D eigenvalue weighted by molar-refractivity contribution is 0.443. The van der Waals surface area contributed by atoms with Gasteiger partial charge in [0.05, 0.1) is 0 Å². The smallest absolute Gasteiger partial charge is 0.140 e. The van der Waals surface area contributed by atoms with Crippen molar-refractivity contribution in [3.63, 3.8) is 0 Å². The summed E-state index contributed by atoms with van der Waals surface area (Å²) in [6.07, 6.45) is 1.94. The lowest BCUT2D eigenvalue weighted by Gasteiger charge is -1.89. The Labute approximate surface area is 48.7 Å². The molecule has 1 heteroatoms. The lowest BCUT2D eigenvalue weighted by Crippen LogP contribution is -1.88. The molecule has 0 aromatic rings. The molecule has 0 heterocycles. The molecular weight excluding hydrogens is 103 g/mol. The second-order valence-electron chi connectivity index (χ2n) is 1.83. The van der Waals surface area contributed by atoms with Gasteiger partial charge in [-0.3, -0.25) is 0 Å². The van der Waals surface area contributed by atoms with Crippen LogP contribution < -0.4 is 0 Å². The Bertz CT molecular complexity index is 119. The van der Waals surface area contributed by atoms with Crippen molar-refractivity contribution in [2.75, 3.05) is 0 Å². The maximum absolute atomic E-state index is 12.2. The molecule has 1 rings (SSSR count). The molecule has 8 heavy (non-hydrogen) atoms. The third kappa shape index (κ3) is 0.713. The van der Waals surface area contributed by atoms with E-state index in [-0.39, 0.29) is 0 Å². The van der Waals surface area contributed by atoms with E-state index in [1.807, 2.05) is 0 Å². The largest absolute Gasteiger partial charge is 0.237 e. The van der Waals surface area contributed by atoms with Crippen molar-refractivity contribution in [2.45, 2.75) is 6.17 Å². The van der Waals surface area contributed by atoms with Gasteiger partial charge in [-0.2, -0.15) is 0 Å². The van der Waals surface area contributed by atoms with Gasteiger partial charge in [0.2, 0.25) is 0 Å². The predicted molar refractivity (Wildman–Crippen MR) is 31.8 cm³/mol. The topological polar surface area (TPSA) is 0 Å². The number of rotatable bonds is 0. The fourth-order valence-electron chi connectivity index (χ4n) is 0.647. The Balaban J connectivity index is 2.64. The second kappa shape index (κ2) is 1.58. The van der Waals surface area contributed by atoms with Gasteiger partial charge < -0.3 is 0 Å². The summed E-state index contributed by atoms with van der Waals surface area (Å²) in [5.41, 5.74) is 1.41. The van der Waals surface area contributed by atoms with Crippen LogP contribution in [0.25, 0.3) is 0 Å². The SMILES string of the molecule is C=C1[CH+]C(F)[CH-]C1=C. The van der Waals surface area contributed by atoms with E-state index in [0.717, 1.165) is 0 Å². The second-order valence-corrected chi connectivity index (χ2v) is 1.83. The van der Waals surface area contributed by atoms with E-state index in [4.69, 9.17) is 0 Å². The van der Waals surface area contributed by atoms with E-state index < -0.39 is 6.17 Å². The first-order valence-corrected chi connectivity index (χ1v) is 2.42. The Morgan fingerprint density at radius 2 is 2.25 bits per heavy atom. The molecular formula is C7H7F. The number of hydrogen-bond acceptors (Lipinski definition) is 0.